The van der Waals surface area contributed by atoms with Gasteiger partial charge in [-0.15, -0.1) is 0 Å². The Morgan fingerprint density at radius 1 is 1.47 bits per heavy atom. The van der Waals surface area contributed by atoms with E-state index in [2.05, 4.69) is 21.2 Å². The molecule has 0 spiro atoms. The minimum Gasteiger partial charge on any atom is -0.465 e. The second-order valence-corrected chi connectivity index (χ2v) is 5.19. The van der Waals surface area contributed by atoms with Gasteiger partial charge < -0.3 is 4.74 Å². The van der Waals surface area contributed by atoms with Crippen LogP contribution >= 0.6 is 15.9 Å². The van der Waals surface area contributed by atoms with Gasteiger partial charge in [0.15, 0.2) is 0 Å². The van der Waals surface area contributed by atoms with E-state index in [1.165, 1.54) is 6.07 Å². The minimum atomic E-state index is -0.641. The average Bonchev–Trinajstić information content (AvgIpc) is 2.39. The van der Waals surface area contributed by atoms with Crippen LogP contribution in [0.3, 0.4) is 0 Å². The Bertz CT molecular complexity index is 439. The third-order valence-electron chi connectivity index (χ3n) is 2.86. The second kappa shape index (κ2) is 7.60. The molecule has 0 aliphatic heterocycles. The number of nitrogens with one attached hydrogen (secondary N) is 1. The Kier molecular flexibility index (Phi) is 6.45. The van der Waals surface area contributed by atoms with Crippen LogP contribution in [-0.2, 0) is 9.53 Å². The lowest BCUT2D eigenvalue weighted by molar-refractivity contribution is -0.146. The van der Waals surface area contributed by atoms with Crippen molar-refractivity contribution in [1.29, 1.82) is 0 Å². The van der Waals surface area contributed by atoms with Gasteiger partial charge in [-0.25, -0.2) is 9.18 Å². The Balaban J connectivity index is 3.00. The van der Waals surface area contributed by atoms with Gasteiger partial charge in [-0.05, 0) is 53.9 Å². The van der Waals surface area contributed by atoms with Crippen LogP contribution in [-0.4, -0.2) is 18.6 Å². The number of carbonyl (C=O) groups excluding carboxylic acids is 1. The van der Waals surface area contributed by atoms with E-state index in [1.807, 2.05) is 13.8 Å². The maximum atomic E-state index is 13.6. The molecule has 2 unspecified atom stereocenters. The summed E-state index contributed by atoms with van der Waals surface area (Å²) in [7, 11) is 0. The van der Waals surface area contributed by atoms with E-state index in [9.17, 15) is 9.18 Å². The molecule has 0 bridgehead atoms. The van der Waals surface area contributed by atoms with Crippen LogP contribution in [0.2, 0.25) is 0 Å². The van der Waals surface area contributed by atoms with E-state index in [0.717, 1.165) is 6.42 Å². The number of benzene rings is 1. The SMILES string of the molecule is CCOC(=O)C(NC(C)CC)c1ccc(Br)c(F)c1. The predicted octanol–water partition coefficient (Wildman–Crippen LogP) is 3.58. The zero-order valence-electron chi connectivity index (χ0n) is 11.4. The standard InChI is InChI=1S/C14H19BrFNO2/c1-4-9(3)17-13(14(18)19-5-2)10-6-7-11(15)12(16)8-10/h6-9,13,17H,4-5H2,1-3H3. The van der Waals surface area contributed by atoms with E-state index in [1.54, 1.807) is 19.1 Å². The van der Waals surface area contributed by atoms with Crippen molar-refractivity contribution in [1.82, 2.24) is 5.32 Å². The number of esters is 1. The molecule has 106 valence electrons. The lowest BCUT2D eigenvalue weighted by atomic mass is 10.1. The molecular weight excluding hydrogens is 313 g/mol. The largest absolute Gasteiger partial charge is 0.465 e. The Labute approximate surface area is 121 Å². The number of halogens is 2. The molecule has 19 heavy (non-hydrogen) atoms. The number of ether oxygens (including phenoxy) is 1. The first-order chi connectivity index (χ1) is 8.99. The van der Waals surface area contributed by atoms with E-state index in [4.69, 9.17) is 4.74 Å². The minimum absolute atomic E-state index is 0.140. The maximum Gasteiger partial charge on any atom is 0.327 e. The number of hydrogen-bond donors (Lipinski definition) is 1. The number of carbonyl (C=O) groups is 1. The van der Waals surface area contributed by atoms with Gasteiger partial charge in [-0.1, -0.05) is 13.0 Å². The van der Waals surface area contributed by atoms with Crippen molar-refractivity contribution < 1.29 is 13.9 Å². The molecule has 1 aromatic carbocycles. The van der Waals surface area contributed by atoms with Crippen molar-refractivity contribution in [3.63, 3.8) is 0 Å². The number of hydrogen-bond acceptors (Lipinski definition) is 3. The summed E-state index contributed by atoms with van der Waals surface area (Å²) in [6.45, 7) is 6.04. The van der Waals surface area contributed by atoms with Crippen LogP contribution in [0.5, 0.6) is 0 Å². The zero-order valence-corrected chi connectivity index (χ0v) is 13.0. The van der Waals surface area contributed by atoms with Gasteiger partial charge in [0.05, 0.1) is 11.1 Å². The summed E-state index contributed by atoms with van der Waals surface area (Å²) in [4.78, 5) is 12.0. The summed E-state index contributed by atoms with van der Waals surface area (Å²) in [5.74, 6) is -0.776. The van der Waals surface area contributed by atoms with Crippen molar-refractivity contribution in [3.8, 4) is 0 Å². The molecule has 1 N–H and O–H groups in total. The molecule has 3 nitrogen and oxygen atoms in total. The van der Waals surface area contributed by atoms with Gasteiger partial charge in [0.1, 0.15) is 11.9 Å². The van der Waals surface area contributed by atoms with Gasteiger partial charge in [0, 0.05) is 6.04 Å². The second-order valence-electron chi connectivity index (χ2n) is 4.33. The molecule has 0 aromatic heterocycles. The molecule has 5 heteroatoms. The smallest absolute Gasteiger partial charge is 0.327 e. The molecule has 0 saturated heterocycles. The third-order valence-corrected chi connectivity index (χ3v) is 3.51. The van der Waals surface area contributed by atoms with Crippen LogP contribution in [0.1, 0.15) is 38.8 Å². The van der Waals surface area contributed by atoms with E-state index in [-0.39, 0.29) is 12.0 Å². The first-order valence-electron chi connectivity index (χ1n) is 6.37. The van der Waals surface area contributed by atoms with Crippen molar-refractivity contribution in [2.24, 2.45) is 0 Å². The quantitative estimate of drug-likeness (QED) is 0.809. The summed E-state index contributed by atoms with van der Waals surface area (Å²) in [5, 5.41) is 3.16. The molecule has 1 aromatic rings. The number of rotatable bonds is 6. The Morgan fingerprint density at radius 3 is 2.68 bits per heavy atom. The highest BCUT2D eigenvalue weighted by Crippen LogP contribution is 2.22. The van der Waals surface area contributed by atoms with Crippen molar-refractivity contribution in [3.05, 3.63) is 34.1 Å². The average molecular weight is 332 g/mol. The van der Waals surface area contributed by atoms with E-state index >= 15 is 0 Å². The van der Waals surface area contributed by atoms with Crippen molar-refractivity contribution in [2.45, 2.75) is 39.3 Å². The van der Waals surface area contributed by atoms with Crippen LogP contribution in [0.15, 0.2) is 22.7 Å². The molecule has 0 aliphatic carbocycles. The van der Waals surface area contributed by atoms with Gasteiger partial charge in [-0.2, -0.15) is 0 Å². The normalized spacial score (nSPS) is 13.9. The van der Waals surface area contributed by atoms with Crippen molar-refractivity contribution in [2.75, 3.05) is 6.61 Å². The van der Waals surface area contributed by atoms with E-state index < -0.39 is 11.9 Å². The highest BCUT2D eigenvalue weighted by Gasteiger charge is 2.23. The summed E-state index contributed by atoms with van der Waals surface area (Å²) in [6.07, 6.45) is 0.870. The van der Waals surface area contributed by atoms with Crippen LogP contribution in [0.4, 0.5) is 4.39 Å². The topological polar surface area (TPSA) is 38.3 Å². The van der Waals surface area contributed by atoms with Crippen LogP contribution < -0.4 is 5.32 Å². The molecule has 0 radical (unpaired) electrons. The van der Waals surface area contributed by atoms with Crippen LogP contribution in [0, 0.1) is 5.82 Å². The van der Waals surface area contributed by atoms with Crippen molar-refractivity contribution >= 4 is 21.9 Å². The molecular formula is C14H19BrFNO2. The van der Waals surface area contributed by atoms with Crippen LogP contribution in [0.25, 0.3) is 0 Å². The molecule has 0 aliphatic rings. The zero-order chi connectivity index (χ0) is 14.4. The Hall–Kier alpha value is -0.940. The lowest BCUT2D eigenvalue weighted by Gasteiger charge is -2.21. The fourth-order valence-electron chi connectivity index (χ4n) is 1.62. The molecule has 2 atom stereocenters. The first kappa shape index (κ1) is 16.1. The van der Waals surface area contributed by atoms with E-state index in [0.29, 0.717) is 16.6 Å². The molecule has 0 saturated carbocycles. The summed E-state index contributed by atoms with van der Waals surface area (Å²) in [6, 6.07) is 4.15. The highest BCUT2D eigenvalue weighted by atomic mass is 79.9. The molecule has 0 fully saturated rings. The lowest BCUT2D eigenvalue weighted by Crippen LogP contribution is -2.36. The highest BCUT2D eigenvalue weighted by molar-refractivity contribution is 9.10. The first-order valence-corrected chi connectivity index (χ1v) is 7.16. The van der Waals surface area contributed by atoms with Gasteiger partial charge in [0.2, 0.25) is 0 Å². The molecule has 0 heterocycles. The fourth-order valence-corrected chi connectivity index (χ4v) is 1.87. The summed E-state index contributed by atoms with van der Waals surface area (Å²) < 4.78 is 19.0. The molecule has 1 rings (SSSR count). The fraction of sp³-hybridized carbons (Fsp3) is 0.500. The van der Waals surface area contributed by atoms with Gasteiger partial charge >= 0.3 is 5.97 Å². The summed E-state index contributed by atoms with van der Waals surface area (Å²) in [5.41, 5.74) is 0.569. The molecule has 0 amide bonds. The van der Waals surface area contributed by atoms with Gasteiger partial charge in [0.25, 0.3) is 0 Å². The summed E-state index contributed by atoms with van der Waals surface area (Å²) >= 11 is 3.10. The predicted molar refractivity (Wildman–Crippen MR) is 76.4 cm³/mol. The van der Waals surface area contributed by atoms with Gasteiger partial charge in [-0.3, -0.25) is 5.32 Å². The maximum absolute atomic E-state index is 13.6. The third kappa shape index (κ3) is 4.58. The monoisotopic (exact) mass is 331 g/mol. The Morgan fingerprint density at radius 2 is 2.16 bits per heavy atom.